The normalized spacial score (nSPS) is 20.3. The molecule has 0 spiro atoms. The van der Waals surface area contributed by atoms with Gasteiger partial charge in [-0.15, -0.1) is 0 Å². The van der Waals surface area contributed by atoms with Gasteiger partial charge < -0.3 is 33.9 Å². The van der Waals surface area contributed by atoms with E-state index in [0.29, 0.717) is 30.4 Å². The summed E-state index contributed by atoms with van der Waals surface area (Å²) in [6.45, 7) is 60.0. The summed E-state index contributed by atoms with van der Waals surface area (Å²) in [5, 5.41) is 23.2. The second kappa shape index (κ2) is 57.8. The van der Waals surface area contributed by atoms with Gasteiger partial charge in [0.1, 0.15) is 11.9 Å². The van der Waals surface area contributed by atoms with Crippen LogP contribution in [-0.4, -0.2) is 71.9 Å². The van der Waals surface area contributed by atoms with E-state index in [1.165, 1.54) is 192 Å². The van der Waals surface area contributed by atoms with Gasteiger partial charge in [-0.2, -0.15) is 0 Å². The third kappa shape index (κ3) is 41.0. The number of allylic oxidation sites excluding steroid dienone is 25. The maximum atomic E-state index is 15.3. The molecule has 8 heteroatoms. The van der Waals surface area contributed by atoms with Crippen molar-refractivity contribution >= 4 is 5.78 Å². The van der Waals surface area contributed by atoms with Crippen molar-refractivity contribution in [3.05, 3.63) is 196 Å². The summed E-state index contributed by atoms with van der Waals surface area (Å²) in [4.78, 5) is 15.3. The fourth-order valence-electron chi connectivity index (χ4n) is 18.1. The first-order valence-corrected chi connectivity index (χ1v) is 48.8. The lowest BCUT2D eigenvalue weighted by molar-refractivity contribution is -0.214. The molecule has 0 aromatic heterocycles. The molecule has 1 aliphatic heterocycles. The Labute approximate surface area is 744 Å². The highest BCUT2D eigenvalue weighted by Crippen LogP contribution is 2.46. The molecule has 4 rings (SSSR count). The second-order valence-electron chi connectivity index (χ2n) is 39.9. The van der Waals surface area contributed by atoms with Gasteiger partial charge in [-0.3, -0.25) is 4.79 Å². The van der Waals surface area contributed by atoms with Crippen molar-refractivity contribution in [2.24, 2.45) is 34.5 Å². The molecule has 0 bridgehead atoms. The van der Waals surface area contributed by atoms with E-state index < -0.39 is 17.3 Å². The highest BCUT2D eigenvalue weighted by Gasteiger charge is 2.49. The van der Waals surface area contributed by atoms with Crippen LogP contribution < -0.4 is 9.47 Å². The van der Waals surface area contributed by atoms with Crippen LogP contribution in [0.15, 0.2) is 190 Å². The average Bonchev–Trinajstić information content (AvgIpc) is 1.58. The highest BCUT2D eigenvalue weighted by molar-refractivity contribution is 6.00. The first kappa shape index (κ1) is 108. The number of unbranched alkanes of at least 4 members (excludes halogenated alkanes) is 23. The van der Waals surface area contributed by atoms with Crippen LogP contribution in [0.5, 0.6) is 17.2 Å². The predicted octanol–water partition coefficient (Wildman–Crippen LogP) is 33.0. The minimum Gasteiger partial charge on any atom is -0.504 e. The Morgan fingerprint density at radius 3 is 1.45 bits per heavy atom. The molecule has 1 heterocycles. The Bertz CT molecular complexity index is 3630. The van der Waals surface area contributed by atoms with Gasteiger partial charge in [-0.25, -0.2) is 0 Å². The smallest absolute Gasteiger partial charge is 0.187 e. The van der Waals surface area contributed by atoms with Gasteiger partial charge in [0.2, 0.25) is 0 Å². The van der Waals surface area contributed by atoms with Gasteiger partial charge in [0.05, 0.1) is 49.8 Å². The molecular weight excluding hydrogens is 1490 g/mol. The molecule has 0 amide bonds. The topological polar surface area (TPSA) is 104 Å². The van der Waals surface area contributed by atoms with E-state index in [0.717, 1.165) is 143 Å². The van der Waals surface area contributed by atoms with E-state index in [2.05, 4.69) is 223 Å². The van der Waals surface area contributed by atoms with Crippen LogP contribution >= 0.6 is 0 Å². The van der Waals surface area contributed by atoms with Gasteiger partial charge in [0, 0.05) is 11.6 Å². The molecule has 121 heavy (non-hydrogen) atoms. The number of methoxy groups -OCH3 is 2. The number of hydrogen-bond acceptors (Lipinski definition) is 8. The zero-order valence-electron chi connectivity index (χ0n) is 81.8. The molecule has 1 aromatic rings. The van der Waals surface area contributed by atoms with Crippen molar-refractivity contribution in [2.75, 3.05) is 14.2 Å². The van der Waals surface area contributed by atoms with Gasteiger partial charge in [0.15, 0.2) is 17.3 Å². The summed E-state index contributed by atoms with van der Waals surface area (Å²) in [6.07, 6.45) is 75.1. The number of aliphatic hydroxyl groups is 1. The third-order valence-electron chi connectivity index (χ3n) is 27.8. The molecule has 1 fully saturated rings. The summed E-state index contributed by atoms with van der Waals surface area (Å²) in [6, 6.07) is 3.67. The number of Topliss-reactive ketones (excluding diaryl/α,β-unsaturated/α-hetero) is 1. The number of hydrogen-bond donors (Lipinski definition) is 2. The number of aryl methyl sites for hydroxylation is 1. The maximum Gasteiger partial charge on any atom is 0.187 e. The molecule has 2 aliphatic carbocycles. The van der Waals surface area contributed by atoms with Gasteiger partial charge in [-0.05, 0) is 242 Å². The Hall–Kier alpha value is -5.77. The number of benzene rings is 1. The molecule has 0 radical (unpaired) electrons. The first-order valence-electron chi connectivity index (χ1n) is 48.8. The van der Waals surface area contributed by atoms with Gasteiger partial charge in [0.25, 0.3) is 0 Å². The van der Waals surface area contributed by atoms with Crippen molar-refractivity contribution in [3.63, 3.8) is 0 Å². The number of aromatic hydroxyl groups is 1. The minimum absolute atomic E-state index is 0.0846. The Balaban J connectivity index is 1.53. The zero-order valence-corrected chi connectivity index (χ0v) is 81.8. The number of phenolic OH excluding ortho intramolecular Hbond substituents is 1. The lowest BCUT2D eigenvalue weighted by Gasteiger charge is -2.44. The lowest BCUT2D eigenvalue weighted by Crippen LogP contribution is -2.51. The van der Waals surface area contributed by atoms with Crippen molar-refractivity contribution in [3.8, 4) is 17.2 Å². The van der Waals surface area contributed by atoms with Crippen LogP contribution in [0.2, 0.25) is 0 Å². The van der Waals surface area contributed by atoms with Crippen LogP contribution in [0.1, 0.15) is 400 Å². The summed E-state index contributed by atoms with van der Waals surface area (Å²) in [5.74, 6) is 2.96. The van der Waals surface area contributed by atoms with E-state index in [-0.39, 0.29) is 58.6 Å². The molecule has 8 nitrogen and oxygen atoms in total. The Morgan fingerprint density at radius 1 is 0.537 bits per heavy atom. The predicted molar refractivity (Wildman–Crippen MR) is 524 cm³/mol. The number of carbonyl (C=O) groups is 1. The SMILES string of the molecule is C=C(C)C(C)CCC(=C)C(C)CCC(C)(O)C1CCC(C(C)(CCC(C)C(=C)CCC(C)C(=C)C)OC(CCCCCCCCCCCCCCCCCCCCCc2cc(OC)cc(OC)c2O)C(CCCCCCCC)OC2CC(C)(C)C(/C=C/C(C)=C/C=C/C(C)=C/C=C/C=C(C)/C=C/C=C(C)/C=C/C3=C(C)CCCC3(C)C)=C(C)C2=O)O1. The summed E-state index contributed by atoms with van der Waals surface area (Å²) < 4.78 is 33.8. The third-order valence-corrected chi connectivity index (χ3v) is 27.8. The number of rotatable bonds is 64. The monoisotopic (exact) mass is 1670 g/mol. The highest BCUT2D eigenvalue weighted by atomic mass is 16.6. The molecule has 682 valence electrons. The van der Waals surface area contributed by atoms with Crippen LogP contribution in [0, 0.1) is 34.5 Å². The van der Waals surface area contributed by atoms with Gasteiger partial charge >= 0.3 is 0 Å². The van der Waals surface area contributed by atoms with Gasteiger partial charge in [-0.1, -0.05) is 378 Å². The molecule has 2 N–H and O–H groups in total. The summed E-state index contributed by atoms with van der Waals surface area (Å²) >= 11 is 0. The van der Waals surface area contributed by atoms with E-state index in [9.17, 15) is 10.2 Å². The first-order chi connectivity index (χ1) is 57.5. The lowest BCUT2D eigenvalue weighted by atomic mass is 9.70. The number of carbonyl (C=O) groups excluding carboxylic acids is 1. The fraction of sp³-hybridized carbons (Fsp3) is 0.673. The fourth-order valence-corrected chi connectivity index (χ4v) is 18.1. The number of ketones is 1. The van der Waals surface area contributed by atoms with Crippen LogP contribution in [0.4, 0.5) is 0 Å². The molecule has 3 aliphatic rings. The zero-order chi connectivity index (χ0) is 89.6. The van der Waals surface area contributed by atoms with E-state index in [1.807, 2.05) is 19.9 Å². The summed E-state index contributed by atoms with van der Waals surface area (Å²) in [5.41, 5.74) is 13.6. The van der Waals surface area contributed by atoms with Crippen molar-refractivity contribution in [2.45, 2.75) is 443 Å². The van der Waals surface area contributed by atoms with Crippen molar-refractivity contribution in [1.82, 2.24) is 0 Å². The average molecular weight is 1670 g/mol. The Kier molecular flexibility index (Phi) is 51.3. The quantitative estimate of drug-likeness (QED) is 0.0378. The Morgan fingerprint density at radius 2 is 0.975 bits per heavy atom. The molecular formula is C113H182O8. The molecule has 11 atom stereocenters. The maximum absolute atomic E-state index is 15.3. The van der Waals surface area contributed by atoms with E-state index in [1.54, 1.807) is 20.3 Å². The van der Waals surface area contributed by atoms with Crippen molar-refractivity contribution < 1.29 is 38.7 Å². The molecule has 1 aromatic carbocycles. The number of phenols is 1. The minimum atomic E-state index is -1.03. The molecule has 1 saturated heterocycles. The van der Waals surface area contributed by atoms with Crippen molar-refractivity contribution in [1.29, 1.82) is 0 Å². The largest absolute Gasteiger partial charge is 0.504 e. The van der Waals surface area contributed by atoms with Crippen LogP contribution in [0.3, 0.4) is 0 Å². The molecule has 11 unspecified atom stereocenters. The van der Waals surface area contributed by atoms with E-state index >= 15 is 4.79 Å². The number of ether oxygens (including phenoxy) is 5. The van der Waals surface area contributed by atoms with E-state index in [4.69, 9.17) is 30.3 Å². The standard InChI is InChI=1S/C113H182O8/c1-26-27-28-29-46-49-64-102(119-105-83-111(20,21)101(97(17)108(105)114)73-67-89(9)61-54-59-87(7)57-52-51-56-86(6)58-53-60-88(8)66-72-100-96(16)62-55-78-110(100,18)19)103(65-50-47-44-42-40-38-36-34-32-30-31-33-35-37-39-41-43-45-48-63-98-81-99(117-24)82-104(118-25)109(98)115)121-113(23,80-77-95(15)93(13)71-69-91(11)85(4)5)107-75-74-106(120-107)112(22,116)79-76-94(14)92(12)70-68-90(10)84(2)3/h51-54,56-61,66-67,72-73,81-82,90-91,94-95,102-103,105-107,115-116H,2,4,12-13,26-50,55,62-65,68-71,74-80,83H2,1,3,5-11,14-25H3/b52-51+,58-53+,59-54+,72-66+,73-67+,86-56+,87-57+,88-60+,89-61+. The van der Waals surface area contributed by atoms with Crippen LogP contribution in [-0.2, 0) is 25.4 Å². The molecule has 0 saturated carbocycles. The van der Waals surface area contributed by atoms with Crippen LogP contribution in [0.25, 0.3) is 0 Å². The summed E-state index contributed by atoms with van der Waals surface area (Å²) in [7, 11) is 3.23. The second-order valence-corrected chi connectivity index (χ2v) is 39.9.